The normalized spacial score (nSPS) is 15.6. The first-order valence-corrected chi connectivity index (χ1v) is 9.56. The number of benzene rings is 1. The van der Waals surface area contributed by atoms with Crippen LogP contribution in [0, 0.1) is 0 Å². The van der Waals surface area contributed by atoms with E-state index in [0.717, 1.165) is 11.5 Å². The van der Waals surface area contributed by atoms with E-state index in [1.807, 2.05) is 24.3 Å². The van der Waals surface area contributed by atoms with E-state index < -0.39 is 0 Å². The topological polar surface area (TPSA) is 70.3 Å². The number of nitrogens with zero attached hydrogens (tertiary/aromatic N) is 3. The van der Waals surface area contributed by atoms with Gasteiger partial charge in [-0.2, -0.15) is 0 Å². The summed E-state index contributed by atoms with van der Waals surface area (Å²) in [5.74, 6) is 1.09. The molecule has 2 heterocycles. The molecule has 1 aromatic heterocycles. The van der Waals surface area contributed by atoms with Crippen LogP contribution in [0.25, 0.3) is 0 Å². The molecule has 1 amide bonds. The SMILES string of the molecule is CN=C(NCC(OC)c1cccc(Cl)c1)N1CCN(C(=O)c2ccco2)CC1.I. The van der Waals surface area contributed by atoms with Gasteiger partial charge in [-0.3, -0.25) is 9.79 Å². The van der Waals surface area contributed by atoms with E-state index >= 15 is 0 Å². The molecule has 1 fully saturated rings. The number of methoxy groups -OCH3 is 1. The molecule has 1 saturated heterocycles. The smallest absolute Gasteiger partial charge is 0.289 e. The monoisotopic (exact) mass is 532 g/mol. The highest BCUT2D eigenvalue weighted by molar-refractivity contribution is 14.0. The summed E-state index contributed by atoms with van der Waals surface area (Å²) in [6.45, 7) is 3.18. The number of hydrogen-bond acceptors (Lipinski definition) is 4. The van der Waals surface area contributed by atoms with Crippen LogP contribution in [0.5, 0.6) is 0 Å². The van der Waals surface area contributed by atoms with Gasteiger partial charge in [0.1, 0.15) is 0 Å². The lowest BCUT2D eigenvalue weighted by molar-refractivity contribution is 0.0656. The predicted molar refractivity (Wildman–Crippen MR) is 124 cm³/mol. The van der Waals surface area contributed by atoms with Crippen LogP contribution in [0.4, 0.5) is 0 Å². The van der Waals surface area contributed by atoms with Crippen LogP contribution in [-0.4, -0.2) is 68.5 Å². The highest BCUT2D eigenvalue weighted by Crippen LogP contribution is 2.20. The molecule has 1 atom stereocenters. The lowest BCUT2D eigenvalue weighted by Crippen LogP contribution is -2.54. The lowest BCUT2D eigenvalue weighted by Gasteiger charge is -2.36. The Morgan fingerprint density at radius 1 is 1.24 bits per heavy atom. The van der Waals surface area contributed by atoms with Crippen LogP contribution in [-0.2, 0) is 4.74 Å². The van der Waals surface area contributed by atoms with Gasteiger partial charge in [0, 0.05) is 51.9 Å². The molecule has 1 aliphatic heterocycles. The Bertz CT molecular complexity index is 808. The van der Waals surface area contributed by atoms with Gasteiger partial charge < -0.3 is 24.3 Å². The summed E-state index contributed by atoms with van der Waals surface area (Å²) in [4.78, 5) is 20.7. The number of carbonyl (C=O) groups excluding carboxylic acids is 1. The van der Waals surface area contributed by atoms with Crippen LogP contribution in [0.1, 0.15) is 22.2 Å². The van der Waals surface area contributed by atoms with Gasteiger partial charge in [0.2, 0.25) is 0 Å². The Labute approximate surface area is 193 Å². The van der Waals surface area contributed by atoms with Crippen molar-refractivity contribution >= 4 is 47.4 Å². The van der Waals surface area contributed by atoms with Gasteiger partial charge in [-0.1, -0.05) is 23.7 Å². The average molecular weight is 533 g/mol. The van der Waals surface area contributed by atoms with E-state index in [9.17, 15) is 4.79 Å². The molecule has 0 aliphatic carbocycles. The number of halogens is 2. The molecule has 2 aromatic rings. The molecule has 3 rings (SSSR count). The molecular formula is C20H26ClIN4O3. The molecule has 9 heteroatoms. The summed E-state index contributed by atoms with van der Waals surface area (Å²) in [5.41, 5.74) is 1.01. The van der Waals surface area contributed by atoms with Crippen LogP contribution in [0.15, 0.2) is 52.1 Å². The van der Waals surface area contributed by atoms with E-state index in [0.29, 0.717) is 43.5 Å². The van der Waals surface area contributed by atoms with Crippen molar-refractivity contribution in [3.63, 3.8) is 0 Å². The van der Waals surface area contributed by atoms with Gasteiger partial charge in [-0.15, -0.1) is 24.0 Å². The Morgan fingerprint density at radius 2 is 1.97 bits per heavy atom. The third-order valence-electron chi connectivity index (χ3n) is 4.76. The molecule has 0 spiro atoms. The minimum Gasteiger partial charge on any atom is -0.459 e. The first-order valence-electron chi connectivity index (χ1n) is 9.19. The van der Waals surface area contributed by atoms with Crippen molar-refractivity contribution in [1.29, 1.82) is 0 Å². The third kappa shape index (κ3) is 6.10. The second kappa shape index (κ2) is 11.4. The molecule has 1 aromatic carbocycles. The summed E-state index contributed by atoms with van der Waals surface area (Å²) in [5, 5.41) is 4.05. The number of amides is 1. The molecule has 1 aliphatic rings. The number of aliphatic imine (C=N–C) groups is 1. The van der Waals surface area contributed by atoms with Crippen molar-refractivity contribution in [2.75, 3.05) is 46.9 Å². The van der Waals surface area contributed by atoms with Crippen molar-refractivity contribution in [2.45, 2.75) is 6.10 Å². The first-order chi connectivity index (χ1) is 13.6. The molecule has 0 radical (unpaired) electrons. The fourth-order valence-electron chi connectivity index (χ4n) is 3.24. The molecule has 1 unspecified atom stereocenters. The average Bonchev–Trinajstić information content (AvgIpc) is 3.26. The van der Waals surface area contributed by atoms with E-state index in [-0.39, 0.29) is 36.0 Å². The molecule has 29 heavy (non-hydrogen) atoms. The summed E-state index contributed by atoms with van der Waals surface area (Å²) < 4.78 is 10.8. The second-order valence-corrected chi connectivity index (χ2v) is 6.90. The Hall–Kier alpha value is -1.78. The number of piperazine rings is 1. The Kier molecular flexibility index (Phi) is 9.25. The van der Waals surface area contributed by atoms with E-state index in [2.05, 4.69) is 15.2 Å². The fraction of sp³-hybridized carbons (Fsp3) is 0.400. The number of rotatable bonds is 5. The third-order valence-corrected chi connectivity index (χ3v) is 5.00. The van der Waals surface area contributed by atoms with Gasteiger partial charge in [0.15, 0.2) is 11.7 Å². The minimum absolute atomic E-state index is 0. The van der Waals surface area contributed by atoms with Gasteiger partial charge in [0.05, 0.1) is 12.4 Å². The van der Waals surface area contributed by atoms with Crippen molar-refractivity contribution in [3.8, 4) is 0 Å². The number of guanidine groups is 1. The summed E-state index contributed by atoms with van der Waals surface area (Å²) >= 11 is 6.09. The summed E-state index contributed by atoms with van der Waals surface area (Å²) in [6, 6.07) is 11.1. The van der Waals surface area contributed by atoms with Crippen LogP contribution in [0.2, 0.25) is 5.02 Å². The second-order valence-electron chi connectivity index (χ2n) is 6.46. The molecular weight excluding hydrogens is 507 g/mol. The molecule has 0 saturated carbocycles. The molecule has 0 bridgehead atoms. The number of furan rings is 1. The maximum Gasteiger partial charge on any atom is 0.289 e. The standard InChI is InChI=1S/C20H25ClN4O3.HI/c1-22-20(23-14-18(27-2)15-5-3-6-16(21)13-15)25-10-8-24(9-11-25)19(26)17-7-4-12-28-17;/h3-7,12-13,18H,8-11,14H2,1-2H3,(H,22,23);1H. The maximum absolute atomic E-state index is 12.4. The Morgan fingerprint density at radius 3 is 2.55 bits per heavy atom. The largest absolute Gasteiger partial charge is 0.459 e. The van der Waals surface area contributed by atoms with Crippen molar-refractivity contribution in [3.05, 3.63) is 59.0 Å². The highest BCUT2D eigenvalue weighted by atomic mass is 127. The number of carbonyl (C=O) groups is 1. The summed E-state index contributed by atoms with van der Waals surface area (Å²) in [7, 11) is 3.43. The predicted octanol–water partition coefficient (Wildman–Crippen LogP) is 3.27. The maximum atomic E-state index is 12.4. The number of hydrogen-bond donors (Lipinski definition) is 1. The minimum atomic E-state index is -0.141. The fourth-order valence-corrected chi connectivity index (χ4v) is 3.44. The summed E-state index contributed by atoms with van der Waals surface area (Å²) in [6.07, 6.45) is 1.37. The van der Waals surface area contributed by atoms with Crippen molar-refractivity contribution < 1.29 is 13.9 Å². The quantitative estimate of drug-likeness (QED) is 0.364. The van der Waals surface area contributed by atoms with E-state index in [4.69, 9.17) is 20.8 Å². The lowest BCUT2D eigenvalue weighted by atomic mass is 10.1. The Balaban J connectivity index is 0.00000300. The zero-order valence-corrected chi connectivity index (χ0v) is 19.6. The van der Waals surface area contributed by atoms with Crippen LogP contribution >= 0.6 is 35.6 Å². The van der Waals surface area contributed by atoms with Crippen molar-refractivity contribution in [2.24, 2.45) is 4.99 Å². The van der Waals surface area contributed by atoms with Crippen molar-refractivity contribution in [1.82, 2.24) is 15.1 Å². The van der Waals surface area contributed by atoms with Gasteiger partial charge in [-0.25, -0.2) is 0 Å². The van der Waals surface area contributed by atoms with Crippen LogP contribution < -0.4 is 5.32 Å². The zero-order chi connectivity index (χ0) is 19.9. The number of nitrogens with one attached hydrogen (secondary N) is 1. The van der Waals surface area contributed by atoms with Crippen LogP contribution in [0.3, 0.4) is 0 Å². The van der Waals surface area contributed by atoms with Gasteiger partial charge >= 0.3 is 0 Å². The molecule has 1 N–H and O–H groups in total. The zero-order valence-electron chi connectivity index (χ0n) is 16.5. The highest BCUT2D eigenvalue weighted by Gasteiger charge is 2.25. The first kappa shape index (κ1) is 23.5. The number of ether oxygens (including phenoxy) is 1. The van der Waals surface area contributed by atoms with E-state index in [1.54, 1.807) is 31.2 Å². The molecule has 158 valence electrons. The molecule has 7 nitrogen and oxygen atoms in total. The van der Waals surface area contributed by atoms with Gasteiger partial charge in [0.25, 0.3) is 5.91 Å². The van der Waals surface area contributed by atoms with Gasteiger partial charge in [-0.05, 0) is 29.8 Å². The van der Waals surface area contributed by atoms with E-state index in [1.165, 1.54) is 6.26 Å².